The molecule has 0 aromatic rings. The van der Waals surface area contributed by atoms with Crippen LogP contribution in [0.4, 0.5) is 0 Å². The number of hydrogen-bond donors (Lipinski definition) is 1. The van der Waals surface area contributed by atoms with Crippen molar-refractivity contribution in [1.82, 2.24) is 5.32 Å². The molecule has 0 spiro atoms. The van der Waals surface area contributed by atoms with Gasteiger partial charge in [-0.25, -0.2) is 4.79 Å². The van der Waals surface area contributed by atoms with Gasteiger partial charge in [0.2, 0.25) is 5.91 Å². The molecule has 126 valence electrons. The molecule has 1 aliphatic carbocycles. The summed E-state index contributed by atoms with van der Waals surface area (Å²) in [5.74, 6) is -0.246. The highest BCUT2D eigenvalue weighted by atomic mass is 16.5. The lowest BCUT2D eigenvalue weighted by molar-refractivity contribution is -0.139. The van der Waals surface area contributed by atoms with E-state index in [1.165, 1.54) is 6.92 Å². The van der Waals surface area contributed by atoms with Gasteiger partial charge in [0.25, 0.3) is 0 Å². The fraction of sp³-hybridized carbons (Fsp3) is 0.765. The van der Waals surface area contributed by atoms with Gasteiger partial charge in [-0.05, 0) is 38.2 Å². The topological polar surface area (TPSA) is 64.6 Å². The number of hydrogen-bond acceptors (Lipinski definition) is 4. The zero-order chi connectivity index (χ0) is 16.7. The quantitative estimate of drug-likeness (QED) is 0.734. The highest BCUT2D eigenvalue weighted by Crippen LogP contribution is 2.28. The Bertz CT molecular complexity index is 415. The molecule has 0 fully saturated rings. The number of esters is 1. The summed E-state index contributed by atoms with van der Waals surface area (Å²) >= 11 is 0. The monoisotopic (exact) mass is 311 g/mol. The molecule has 5 heteroatoms. The number of nitrogens with one attached hydrogen (secondary N) is 1. The van der Waals surface area contributed by atoms with Gasteiger partial charge in [0.05, 0.1) is 24.9 Å². The number of amides is 1. The van der Waals surface area contributed by atoms with Crippen LogP contribution in [-0.2, 0) is 19.1 Å². The summed E-state index contributed by atoms with van der Waals surface area (Å²) in [5.41, 5.74) is 0.645. The summed E-state index contributed by atoms with van der Waals surface area (Å²) < 4.78 is 11.2. The van der Waals surface area contributed by atoms with Gasteiger partial charge in [0, 0.05) is 12.5 Å². The van der Waals surface area contributed by atoms with Crippen LogP contribution in [0.5, 0.6) is 0 Å². The van der Waals surface area contributed by atoms with Crippen molar-refractivity contribution in [3.8, 4) is 0 Å². The van der Waals surface area contributed by atoms with E-state index in [0.717, 1.165) is 12.8 Å². The summed E-state index contributed by atoms with van der Waals surface area (Å²) in [6.45, 7) is 9.83. The Balaban J connectivity index is 2.98. The second-order valence-electron chi connectivity index (χ2n) is 5.86. The minimum atomic E-state index is -0.294. The molecule has 0 radical (unpaired) electrons. The van der Waals surface area contributed by atoms with Crippen molar-refractivity contribution in [1.29, 1.82) is 0 Å². The Labute approximate surface area is 133 Å². The third kappa shape index (κ3) is 5.13. The van der Waals surface area contributed by atoms with Gasteiger partial charge in [-0.15, -0.1) is 0 Å². The van der Waals surface area contributed by atoms with Gasteiger partial charge in [0.15, 0.2) is 0 Å². The van der Waals surface area contributed by atoms with Crippen molar-refractivity contribution in [2.45, 2.75) is 72.1 Å². The van der Waals surface area contributed by atoms with Crippen LogP contribution >= 0.6 is 0 Å². The first-order valence-electron chi connectivity index (χ1n) is 8.23. The molecule has 0 heterocycles. The second kappa shape index (κ2) is 8.93. The molecule has 0 saturated heterocycles. The fourth-order valence-electron chi connectivity index (χ4n) is 2.83. The van der Waals surface area contributed by atoms with E-state index in [4.69, 9.17) is 9.47 Å². The van der Waals surface area contributed by atoms with E-state index in [2.05, 4.69) is 19.2 Å². The van der Waals surface area contributed by atoms with Crippen molar-refractivity contribution in [3.63, 3.8) is 0 Å². The van der Waals surface area contributed by atoms with Gasteiger partial charge in [-0.3, -0.25) is 4.79 Å². The molecule has 0 aromatic carbocycles. The lowest BCUT2D eigenvalue weighted by Crippen LogP contribution is -2.50. The third-order valence-electron chi connectivity index (χ3n) is 4.04. The summed E-state index contributed by atoms with van der Waals surface area (Å²) in [7, 11) is 0. The zero-order valence-electron chi connectivity index (χ0n) is 14.3. The maximum Gasteiger partial charge on any atom is 0.333 e. The van der Waals surface area contributed by atoms with E-state index in [-0.39, 0.29) is 36.0 Å². The smallest absolute Gasteiger partial charge is 0.333 e. The SMILES string of the molecule is CCOC(=O)C1=C[C@@H](OC(CC)CC)[C@H](NC(C)=O)[C@H](C)C1. The normalized spacial score (nSPS) is 24.8. The molecule has 1 rings (SSSR count). The second-order valence-corrected chi connectivity index (χ2v) is 5.86. The largest absolute Gasteiger partial charge is 0.463 e. The van der Waals surface area contributed by atoms with E-state index < -0.39 is 0 Å². The molecule has 1 amide bonds. The van der Waals surface area contributed by atoms with E-state index in [0.29, 0.717) is 18.6 Å². The van der Waals surface area contributed by atoms with Gasteiger partial charge >= 0.3 is 5.97 Å². The highest BCUT2D eigenvalue weighted by Gasteiger charge is 2.35. The molecule has 0 saturated carbocycles. The van der Waals surface area contributed by atoms with E-state index in [1.807, 2.05) is 13.0 Å². The summed E-state index contributed by atoms with van der Waals surface area (Å²) in [4.78, 5) is 23.5. The molecule has 0 bridgehead atoms. The van der Waals surface area contributed by atoms with Crippen LogP contribution in [0.25, 0.3) is 0 Å². The maximum absolute atomic E-state index is 12.0. The number of rotatable bonds is 7. The van der Waals surface area contributed by atoms with Gasteiger partial charge in [-0.2, -0.15) is 0 Å². The Morgan fingerprint density at radius 2 is 1.95 bits per heavy atom. The van der Waals surface area contributed by atoms with E-state index in [1.54, 1.807) is 6.92 Å². The van der Waals surface area contributed by atoms with Crippen molar-refractivity contribution < 1.29 is 19.1 Å². The van der Waals surface area contributed by atoms with Crippen LogP contribution in [0.1, 0.15) is 53.9 Å². The Morgan fingerprint density at radius 1 is 1.32 bits per heavy atom. The van der Waals surface area contributed by atoms with Gasteiger partial charge in [-0.1, -0.05) is 20.8 Å². The number of carbonyl (C=O) groups excluding carboxylic acids is 2. The first kappa shape index (κ1) is 18.7. The predicted octanol–water partition coefficient (Wildman–Crippen LogP) is 2.59. The van der Waals surface area contributed by atoms with Crippen LogP contribution in [-0.4, -0.2) is 36.7 Å². The van der Waals surface area contributed by atoms with Crippen LogP contribution < -0.4 is 5.32 Å². The number of carbonyl (C=O) groups is 2. The molecule has 0 aliphatic heterocycles. The van der Waals surface area contributed by atoms with Gasteiger partial charge in [0.1, 0.15) is 0 Å². The molecule has 5 nitrogen and oxygen atoms in total. The van der Waals surface area contributed by atoms with Crippen molar-refractivity contribution in [2.75, 3.05) is 6.61 Å². The predicted molar refractivity (Wildman–Crippen MR) is 85.3 cm³/mol. The van der Waals surface area contributed by atoms with Crippen molar-refractivity contribution in [3.05, 3.63) is 11.6 Å². The highest BCUT2D eigenvalue weighted by molar-refractivity contribution is 5.89. The standard InChI is InChI=1S/C17H29NO4/c1-6-14(7-2)22-15-10-13(17(20)21-8-3)9-11(4)16(15)18-12(5)19/h10-11,14-16H,6-9H2,1-5H3,(H,18,19)/t11-,15-,16-/m1/s1. The average molecular weight is 311 g/mol. The molecule has 0 aromatic heterocycles. The Morgan fingerprint density at radius 3 is 2.45 bits per heavy atom. The molecule has 1 aliphatic rings. The third-order valence-corrected chi connectivity index (χ3v) is 4.04. The molecule has 1 N–H and O–H groups in total. The first-order valence-corrected chi connectivity index (χ1v) is 8.23. The average Bonchev–Trinajstić information content (AvgIpc) is 2.47. The van der Waals surface area contributed by atoms with Crippen LogP contribution in [0.15, 0.2) is 11.6 Å². The summed E-state index contributed by atoms with van der Waals surface area (Å²) in [6.07, 6.45) is 4.04. The lowest BCUT2D eigenvalue weighted by atomic mass is 9.83. The van der Waals surface area contributed by atoms with Crippen molar-refractivity contribution >= 4 is 11.9 Å². The molecule has 3 atom stereocenters. The maximum atomic E-state index is 12.0. The molecule has 22 heavy (non-hydrogen) atoms. The minimum Gasteiger partial charge on any atom is -0.463 e. The van der Waals surface area contributed by atoms with Crippen molar-refractivity contribution in [2.24, 2.45) is 5.92 Å². The van der Waals surface area contributed by atoms with Crippen LogP contribution in [0.3, 0.4) is 0 Å². The van der Waals surface area contributed by atoms with Crippen LogP contribution in [0, 0.1) is 5.92 Å². The molecular weight excluding hydrogens is 282 g/mol. The minimum absolute atomic E-state index is 0.0806. The molecule has 0 unspecified atom stereocenters. The zero-order valence-corrected chi connectivity index (χ0v) is 14.3. The van der Waals surface area contributed by atoms with E-state index >= 15 is 0 Å². The Kier molecular flexibility index (Phi) is 7.59. The lowest BCUT2D eigenvalue weighted by Gasteiger charge is -2.36. The fourth-order valence-corrected chi connectivity index (χ4v) is 2.83. The van der Waals surface area contributed by atoms with Crippen LogP contribution in [0.2, 0.25) is 0 Å². The molecular formula is C17H29NO4. The van der Waals surface area contributed by atoms with E-state index in [9.17, 15) is 9.59 Å². The number of ether oxygens (including phenoxy) is 2. The summed E-state index contributed by atoms with van der Waals surface area (Å²) in [5, 5.41) is 2.97. The first-order chi connectivity index (χ1) is 10.4. The van der Waals surface area contributed by atoms with Gasteiger partial charge < -0.3 is 14.8 Å². The Hall–Kier alpha value is -1.36. The summed E-state index contributed by atoms with van der Waals surface area (Å²) in [6, 6.07) is -0.115.